The number of aromatic nitrogens is 1. The van der Waals surface area contributed by atoms with E-state index >= 15 is 0 Å². The summed E-state index contributed by atoms with van der Waals surface area (Å²) in [6.07, 6.45) is 2.32. The Morgan fingerprint density at radius 3 is 3.21 bits per heavy atom. The van der Waals surface area contributed by atoms with Crippen LogP contribution in [0.15, 0.2) is 18.2 Å². The average molecular weight is 210 g/mol. The summed E-state index contributed by atoms with van der Waals surface area (Å²) in [5.41, 5.74) is 1.47. The van der Waals surface area contributed by atoms with E-state index in [1.54, 1.807) is 0 Å². The quantitative estimate of drug-likeness (QED) is 0.663. The van der Waals surface area contributed by atoms with Crippen LogP contribution in [0.3, 0.4) is 0 Å². The maximum atomic E-state index is 5.90. The van der Waals surface area contributed by atoms with Gasteiger partial charge in [-0.05, 0) is 30.9 Å². The minimum atomic E-state index is 0.309. The first-order chi connectivity index (χ1) is 6.81. The number of rotatable bonds is 1. The zero-order valence-corrected chi connectivity index (χ0v) is 8.63. The summed E-state index contributed by atoms with van der Waals surface area (Å²) < 4.78 is 5.44. The lowest BCUT2D eigenvalue weighted by Gasteiger charge is -2.21. The molecule has 3 rings (SSSR count). The fourth-order valence-corrected chi connectivity index (χ4v) is 2.68. The molecule has 2 nitrogen and oxygen atoms in total. The van der Waals surface area contributed by atoms with Crippen LogP contribution in [0, 0.1) is 5.92 Å². The molecule has 1 aromatic heterocycles. The van der Waals surface area contributed by atoms with Crippen molar-refractivity contribution in [2.24, 2.45) is 5.92 Å². The second kappa shape index (κ2) is 2.94. The van der Waals surface area contributed by atoms with Crippen LogP contribution in [-0.4, -0.2) is 18.2 Å². The summed E-state index contributed by atoms with van der Waals surface area (Å²) in [6.45, 7) is 1.76. The average Bonchev–Trinajstić information content (AvgIpc) is 2.93. The summed E-state index contributed by atoms with van der Waals surface area (Å²) in [4.78, 5) is 4.42. The minimum absolute atomic E-state index is 0.309. The number of halogens is 1. The van der Waals surface area contributed by atoms with Crippen molar-refractivity contribution in [3.8, 4) is 0 Å². The molecule has 0 radical (unpaired) electrons. The van der Waals surface area contributed by atoms with Gasteiger partial charge in [-0.1, -0.05) is 17.7 Å². The van der Waals surface area contributed by atoms with Gasteiger partial charge in [-0.3, -0.25) is 0 Å². The van der Waals surface area contributed by atoms with Gasteiger partial charge in [0, 0.05) is 17.7 Å². The van der Waals surface area contributed by atoms with Gasteiger partial charge in [0.2, 0.25) is 0 Å². The normalized spacial score (nSPS) is 35.1. The van der Waals surface area contributed by atoms with Gasteiger partial charge in [0.05, 0.1) is 6.61 Å². The molecular weight excluding hydrogens is 198 g/mol. The Balaban J connectivity index is 1.95. The molecule has 1 aliphatic heterocycles. The maximum absolute atomic E-state index is 5.90. The molecule has 1 aromatic rings. The molecule has 1 saturated carbocycles. The van der Waals surface area contributed by atoms with Crippen molar-refractivity contribution in [2.75, 3.05) is 13.2 Å². The van der Waals surface area contributed by atoms with Crippen molar-refractivity contribution in [1.82, 2.24) is 4.98 Å². The van der Waals surface area contributed by atoms with Crippen molar-refractivity contribution in [1.29, 1.82) is 0 Å². The molecule has 2 aliphatic rings. The SMILES string of the molecule is Clc1cccc(C23CCOCC2C3)n1. The van der Waals surface area contributed by atoms with Gasteiger partial charge in [-0.15, -0.1) is 0 Å². The predicted octanol–water partition coefficient (Wildman–Crippen LogP) is 2.41. The van der Waals surface area contributed by atoms with E-state index in [4.69, 9.17) is 16.3 Å². The topological polar surface area (TPSA) is 22.1 Å². The molecule has 0 N–H and O–H groups in total. The molecular formula is C11H12ClNO. The number of ether oxygens (including phenoxy) is 1. The van der Waals surface area contributed by atoms with Crippen molar-refractivity contribution >= 4 is 11.6 Å². The Bertz CT molecular complexity index is 368. The van der Waals surface area contributed by atoms with Crippen molar-refractivity contribution in [3.63, 3.8) is 0 Å². The van der Waals surface area contributed by atoms with Crippen LogP contribution in [0.2, 0.25) is 5.15 Å². The molecule has 1 aliphatic carbocycles. The summed E-state index contributed by atoms with van der Waals surface area (Å²) in [7, 11) is 0. The first-order valence-corrected chi connectivity index (χ1v) is 5.40. The van der Waals surface area contributed by atoms with Gasteiger partial charge < -0.3 is 4.74 Å². The third-order valence-electron chi connectivity index (χ3n) is 3.47. The predicted molar refractivity (Wildman–Crippen MR) is 54.5 cm³/mol. The standard InChI is InChI=1S/C11H12ClNO/c12-10-3-1-2-9(13-10)11-4-5-14-7-8(11)6-11/h1-3,8H,4-7H2. The Hall–Kier alpha value is -0.600. The van der Waals surface area contributed by atoms with E-state index in [9.17, 15) is 0 Å². The molecule has 3 heteroatoms. The van der Waals surface area contributed by atoms with E-state index in [2.05, 4.69) is 11.1 Å². The molecule has 2 heterocycles. The summed E-state index contributed by atoms with van der Waals surface area (Å²) >= 11 is 5.90. The third-order valence-corrected chi connectivity index (χ3v) is 3.68. The smallest absolute Gasteiger partial charge is 0.129 e. The van der Waals surface area contributed by atoms with E-state index < -0.39 is 0 Å². The van der Waals surface area contributed by atoms with Gasteiger partial charge >= 0.3 is 0 Å². The second-order valence-electron chi connectivity index (χ2n) is 4.23. The number of hydrogen-bond donors (Lipinski definition) is 0. The lowest BCUT2D eigenvalue weighted by Crippen LogP contribution is -2.22. The minimum Gasteiger partial charge on any atom is -0.381 e. The number of pyridine rings is 1. The highest BCUT2D eigenvalue weighted by atomic mass is 35.5. The summed E-state index contributed by atoms with van der Waals surface area (Å²) in [6, 6.07) is 5.92. The van der Waals surface area contributed by atoms with Gasteiger partial charge in [-0.2, -0.15) is 0 Å². The Morgan fingerprint density at radius 2 is 2.43 bits per heavy atom. The van der Waals surface area contributed by atoms with Gasteiger partial charge in [0.15, 0.2) is 0 Å². The highest BCUT2D eigenvalue weighted by molar-refractivity contribution is 6.29. The molecule has 2 fully saturated rings. The first-order valence-electron chi connectivity index (χ1n) is 5.02. The van der Waals surface area contributed by atoms with Crippen molar-refractivity contribution in [3.05, 3.63) is 29.0 Å². The van der Waals surface area contributed by atoms with Crippen LogP contribution in [-0.2, 0) is 10.2 Å². The van der Waals surface area contributed by atoms with Gasteiger partial charge in [-0.25, -0.2) is 4.98 Å². The van der Waals surface area contributed by atoms with Crippen LogP contribution in [0.4, 0.5) is 0 Å². The highest BCUT2D eigenvalue weighted by Gasteiger charge is 2.57. The molecule has 2 unspecified atom stereocenters. The molecule has 74 valence electrons. The third kappa shape index (κ3) is 1.17. The number of nitrogens with zero attached hydrogens (tertiary/aromatic N) is 1. The van der Waals surface area contributed by atoms with Gasteiger partial charge in [0.25, 0.3) is 0 Å². The van der Waals surface area contributed by atoms with E-state index in [0.717, 1.165) is 19.6 Å². The molecule has 0 aromatic carbocycles. The largest absolute Gasteiger partial charge is 0.381 e. The van der Waals surface area contributed by atoms with Crippen LogP contribution >= 0.6 is 11.6 Å². The fourth-order valence-electron chi connectivity index (χ4n) is 2.51. The molecule has 0 spiro atoms. The summed E-state index contributed by atoms with van der Waals surface area (Å²) in [5, 5.41) is 0.606. The van der Waals surface area contributed by atoms with Gasteiger partial charge in [0.1, 0.15) is 5.15 Å². The molecule has 1 saturated heterocycles. The zero-order valence-electron chi connectivity index (χ0n) is 7.87. The van der Waals surface area contributed by atoms with E-state index in [-0.39, 0.29) is 0 Å². The van der Waals surface area contributed by atoms with Crippen LogP contribution in [0.25, 0.3) is 0 Å². The van der Waals surface area contributed by atoms with Crippen molar-refractivity contribution < 1.29 is 4.74 Å². The second-order valence-corrected chi connectivity index (χ2v) is 4.61. The van der Waals surface area contributed by atoms with E-state index in [0.29, 0.717) is 16.5 Å². The van der Waals surface area contributed by atoms with Crippen LogP contribution in [0.5, 0.6) is 0 Å². The fraction of sp³-hybridized carbons (Fsp3) is 0.545. The van der Waals surface area contributed by atoms with Crippen molar-refractivity contribution in [2.45, 2.75) is 18.3 Å². The Labute approximate surface area is 88.2 Å². The van der Waals surface area contributed by atoms with Crippen LogP contribution < -0.4 is 0 Å². The molecule has 14 heavy (non-hydrogen) atoms. The van der Waals surface area contributed by atoms with E-state index in [1.165, 1.54) is 12.1 Å². The molecule has 0 bridgehead atoms. The van der Waals surface area contributed by atoms with Crippen LogP contribution in [0.1, 0.15) is 18.5 Å². The lowest BCUT2D eigenvalue weighted by molar-refractivity contribution is 0.0794. The highest BCUT2D eigenvalue weighted by Crippen LogP contribution is 2.58. The Kier molecular flexibility index (Phi) is 1.83. The first kappa shape index (κ1) is 8.69. The maximum Gasteiger partial charge on any atom is 0.129 e. The monoisotopic (exact) mass is 209 g/mol. The van der Waals surface area contributed by atoms with E-state index in [1.807, 2.05) is 12.1 Å². The number of fused-ring (bicyclic) bond motifs is 1. The summed E-state index contributed by atoms with van der Waals surface area (Å²) in [5.74, 6) is 0.683. The molecule has 2 atom stereocenters. The number of hydrogen-bond acceptors (Lipinski definition) is 2. The lowest BCUT2D eigenvalue weighted by atomic mass is 9.93. The zero-order chi connectivity index (χ0) is 9.60. The Morgan fingerprint density at radius 1 is 1.50 bits per heavy atom. The molecule has 0 amide bonds.